The van der Waals surface area contributed by atoms with E-state index in [4.69, 9.17) is 0 Å². The van der Waals surface area contributed by atoms with Crippen LogP contribution >= 0.6 is 15.9 Å². The summed E-state index contributed by atoms with van der Waals surface area (Å²) in [5.74, 6) is -1.02. The summed E-state index contributed by atoms with van der Waals surface area (Å²) in [5, 5.41) is 2.61. The lowest BCUT2D eigenvalue weighted by Gasteiger charge is -2.22. The molecule has 1 aliphatic heterocycles. The Labute approximate surface area is 125 Å². The first-order valence-electron chi connectivity index (χ1n) is 6.34. The van der Waals surface area contributed by atoms with Crippen molar-refractivity contribution >= 4 is 27.7 Å². The summed E-state index contributed by atoms with van der Waals surface area (Å²) in [7, 11) is 1.58. The molecule has 1 aromatic rings. The van der Waals surface area contributed by atoms with Crippen molar-refractivity contribution in [2.45, 2.75) is 13.3 Å². The summed E-state index contributed by atoms with van der Waals surface area (Å²) in [6.45, 7) is 2.58. The van der Waals surface area contributed by atoms with E-state index >= 15 is 0 Å². The molecule has 0 radical (unpaired) electrons. The van der Waals surface area contributed by atoms with Crippen molar-refractivity contribution in [3.8, 4) is 0 Å². The maximum absolute atomic E-state index is 13.8. The fraction of sp³-hybridized carbons (Fsp3) is 0.429. The van der Waals surface area contributed by atoms with Crippen LogP contribution in [-0.4, -0.2) is 36.9 Å². The second-order valence-corrected chi connectivity index (χ2v) is 6.16. The van der Waals surface area contributed by atoms with Crippen molar-refractivity contribution in [1.82, 2.24) is 10.2 Å². The third-order valence-corrected chi connectivity index (χ3v) is 4.19. The van der Waals surface area contributed by atoms with Gasteiger partial charge in [-0.3, -0.25) is 9.59 Å². The van der Waals surface area contributed by atoms with E-state index < -0.39 is 11.2 Å². The largest absolute Gasteiger partial charge is 0.359 e. The van der Waals surface area contributed by atoms with Crippen LogP contribution in [-0.2, 0) is 4.79 Å². The minimum Gasteiger partial charge on any atom is -0.359 e. The van der Waals surface area contributed by atoms with E-state index in [9.17, 15) is 14.0 Å². The molecule has 2 rings (SSSR count). The van der Waals surface area contributed by atoms with E-state index in [1.807, 2.05) is 6.92 Å². The zero-order valence-electron chi connectivity index (χ0n) is 11.4. The summed E-state index contributed by atoms with van der Waals surface area (Å²) in [6, 6.07) is 4.35. The van der Waals surface area contributed by atoms with Crippen molar-refractivity contribution in [1.29, 1.82) is 0 Å². The Hall–Kier alpha value is -1.43. The van der Waals surface area contributed by atoms with Crippen molar-refractivity contribution in [2.75, 3.05) is 20.1 Å². The average Bonchev–Trinajstić information content (AvgIpc) is 2.81. The fourth-order valence-corrected chi connectivity index (χ4v) is 2.79. The van der Waals surface area contributed by atoms with Crippen molar-refractivity contribution in [3.05, 3.63) is 34.1 Å². The maximum atomic E-state index is 13.8. The first kappa shape index (κ1) is 15.0. The smallest absolute Gasteiger partial charge is 0.256 e. The summed E-state index contributed by atoms with van der Waals surface area (Å²) in [5.41, 5.74) is -0.565. The van der Waals surface area contributed by atoms with Gasteiger partial charge < -0.3 is 10.2 Å². The predicted octanol–water partition coefficient (Wildman–Crippen LogP) is 2.19. The molecular weight excluding hydrogens is 327 g/mol. The number of rotatable bonds is 2. The highest BCUT2D eigenvalue weighted by Crippen LogP contribution is 2.31. The third-order valence-electron chi connectivity index (χ3n) is 3.70. The molecule has 1 aromatic carbocycles. The Bertz CT molecular complexity index is 564. The molecule has 1 fully saturated rings. The highest BCUT2D eigenvalue weighted by Gasteiger charge is 2.41. The molecule has 2 amide bonds. The van der Waals surface area contributed by atoms with Crippen LogP contribution in [0.15, 0.2) is 22.7 Å². The Balaban J connectivity index is 2.18. The Kier molecular flexibility index (Phi) is 4.13. The maximum Gasteiger partial charge on any atom is 0.256 e. The number of hydrogen-bond acceptors (Lipinski definition) is 2. The van der Waals surface area contributed by atoms with Crippen LogP contribution in [0.3, 0.4) is 0 Å². The summed E-state index contributed by atoms with van der Waals surface area (Å²) in [6.07, 6.45) is 0.580. The highest BCUT2D eigenvalue weighted by molar-refractivity contribution is 9.10. The van der Waals surface area contributed by atoms with Gasteiger partial charge in [0.25, 0.3) is 5.91 Å². The van der Waals surface area contributed by atoms with Gasteiger partial charge in [0.05, 0.1) is 11.0 Å². The van der Waals surface area contributed by atoms with E-state index in [-0.39, 0.29) is 17.4 Å². The Morgan fingerprint density at radius 1 is 1.45 bits per heavy atom. The molecule has 1 atom stereocenters. The van der Waals surface area contributed by atoms with Gasteiger partial charge >= 0.3 is 0 Å². The van der Waals surface area contributed by atoms with Gasteiger partial charge in [-0.1, -0.05) is 15.9 Å². The monoisotopic (exact) mass is 342 g/mol. The normalized spacial score (nSPS) is 21.9. The number of likely N-dealkylation sites (tertiary alicyclic amines) is 1. The van der Waals surface area contributed by atoms with Gasteiger partial charge in [0.15, 0.2) is 0 Å². The molecule has 1 aliphatic rings. The van der Waals surface area contributed by atoms with Crippen LogP contribution in [0.1, 0.15) is 23.7 Å². The van der Waals surface area contributed by atoms with Crippen molar-refractivity contribution < 1.29 is 14.0 Å². The lowest BCUT2D eigenvalue weighted by Crippen LogP contribution is -2.40. The van der Waals surface area contributed by atoms with Crippen LogP contribution in [0.25, 0.3) is 0 Å². The molecule has 6 heteroatoms. The van der Waals surface area contributed by atoms with Crippen LogP contribution < -0.4 is 5.32 Å². The van der Waals surface area contributed by atoms with Crippen LogP contribution in [0.5, 0.6) is 0 Å². The molecule has 1 N–H and O–H groups in total. The van der Waals surface area contributed by atoms with Crippen LogP contribution in [0.4, 0.5) is 4.39 Å². The molecule has 0 aliphatic carbocycles. The topological polar surface area (TPSA) is 49.4 Å². The van der Waals surface area contributed by atoms with Crippen LogP contribution in [0, 0.1) is 11.2 Å². The standard InChI is InChI=1S/C14H16BrFN2O2/c1-14(13(20)17-2)5-6-18(8-14)12(19)10-4-3-9(15)7-11(10)16/h3-4,7H,5-6,8H2,1-2H3,(H,17,20). The molecule has 0 aromatic heterocycles. The van der Waals surface area contributed by atoms with E-state index in [1.54, 1.807) is 13.1 Å². The molecule has 20 heavy (non-hydrogen) atoms. The van der Waals surface area contributed by atoms with Gasteiger partial charge in [-0.05, 0) is 31.5 Å². The highest BCUT2D eigenvalue weighted by atomic mass is 79.9. The van der Waals surface area contributed by atoms with E-state index in [0.29, 0.717) is 24.0 Å². The Morgan fingerprint density at radius 3 is 2.75 bits per heavy atom. The number of benzene rings is 1. The quantitative estimate of drug-likeness (QED) is 0.895. The predicted molar refractivity (Wildman–Crippen MR) is 76.8 cm³/mol. The molecule has 0 bridgehead atoms. The summed E-state index contributed by atoms with van der Waals surface area (Å²) >= 11 is 3.16. The number of amides is 2. The molecule has 0 saturated carbocycles. The van der Waals surface area contributed by atoms with Gasteiger partial charge in [0.1, 0.15) is 5.82 Å². The number of halogens is 2. The number of carbonyl (C=O) groups excluding carboxylic acids is 2. The minimum absolute atomic E-state index is 0.0364. The van der Waals surface area contributed by atoms with E-state index in [0.717, 1.165) is 0 Å². The van der Waals surface area contributed by atoms with Crippen molar-refractivity contribution in [3.63, 3.8) is 0 Å². The summed E-state index contributed by atoms with van der Waals surface area (Å²) in [4.78, 5) is 25.7. The van der Waals surface area contributed by atoms with E-state index in [2.05, 4.69) is 21.2 Å². The Morgan fingerprint density at radius 2 is 2.15 bits per heavy atom. The molecule has 1 heterocycles. The van der Waals surface area contributed by atoms with Gasteiger partial charge in [-0.2, -0.15) is 0 Å². The lowest BCUT2D eigenvalue weighted by atomic mass is 9.89. The minimum atomic E-state index is -0.601. The van der Waals surface area contributed by atoms with Crippen LogP contribution in [0.2, 0.25) is 0 Å². The van der Waals surface area contributed by atoms with Crippen molar-refractivity contribution in [2.24, 2.45) is 5.41 Å². The van der Waals surface area contributed by atoms with Gasteiger partial charge in [-0.25, -0.2) is 4.39 Å². The molecule has 1 saturated heterocycles. The van der Waals surface area contributed by atoms with E-state index in [1.165, 1.54) is 17.0 Å². The zero-order chi connectivity index (χ0) is 14.9. The number of nitrogens with one attached hydrogen (secondary N) is 1. The molecule has 0 spiro atoms. The molecular formula is C14H16BrFN2O2. The number of hydrogen-bond donors (Lipinski definition) is 1. The number of carbonyl (C=O) groups is 2. The van der Waals surface area contributed by atoms with Gasteiger partial charge in [0.2, 0.25) is 5.91 Å². The molecule has 108 valence electrons. The zero-order valence-corrected chi connectivity index (χ0v) is 13.0. The first-order valence-corrected chi connectivity index (χ1v) is 7.13. The first-order chi connectivity index (χ1) is 9.37. The molecule has 4 nitrogen and oxygen atoms in total. The molecule has 1 unspecified atom stereocenters. The summed E-state index contributed by atoms with van der Waals surface area (Å²) < 4.78 is 14.4. The third kappa shape index (κ3) is 2.70. The number of nitrogens with zero attached hydrogens (tertiary/aromatic N) is 1. The second kappa shape index (κ2) is 5.52. The van der Waals surface area contributed by atoms with Gasteiger partial charge in [0, 0.05) is 24.6 Å². The van der Waals surface area contributed by atoms with Gasteiger partial charge in [-0.15, -0.1) is 0 Å². The fourth-order valence-electron chi connectivity index (χ4n) is 2.45. The average molecular weight is 343 g/mol. The second-order valence-electron chi connectivity index (χ2n) is 5.24. The SMILES string of the molecule is CNC(=O)C1(C)CCN(C(=O)c2ccc(Br)cc2F)C1. The lowest BCUT2D eigenvalue weighted by molar-refractivity contribution is -0.128.